The van der Waals surface area contributed by atoms with Crippen LogP contribution in [0.5, 0.6) is 0 Å². The Balaban J connectivity index is 2.19. The highest BCUT2D eigenvalue weighted by Crippen LogP contribution is 2.26. The van der Waals surface area contributed by atoms with Crippen molar-refractivity contribution in [1.82, 2.24) is 4.72 Å². The molecule has 0 saturated heterocycles. The molecule has 3 unspecified atom stereocenters. The van der Waals surface area contributed by atoms with Gasteiger partial charge in [-0.25, -0.2) is 13.1 Å². The second-order valence-electron chi connectivity index (χ2n) is 4.79. The Bertz CT molecular complexity index is 670. The molecule has 0 amide bonds. The highest BCUT2D eigenvalue weighted by molar-refractivity contribution is 7.89. The minimum atomic E-state index is -3.76. The summed E-state index contributed by atoms with van der Waals surface area (Å²) in [5.41, 5.74) is 6.05. The van der Waals surface area contributed by atoms with Crippen LogP contribution >= 0.6 is 11.6 Å². The number of ether oxygens (including phenoxy) is 1. The Morgan fingerprint density at radius 1 is 1.57 bits per heavy atom. The zero-order chi connectivity index (χ0) is 15.6. The van der Waals surface area contributed by atoms with Crippen molar-refractivity contribution in [3.05, 3.63) is 28.8 Å². The molecule has 6 nitrogen and oxygen atoms in total. The number of nitrogens with two attached hydrogens (primary N) is 1. The van der Waals surface area contributed by atoms with Crippen molar-refractivity contribution in [2.24, 2.45) is 5.73 Å². The van der Waals surface area contributed by atoms with Gasteiger partial charge in [-0.1, -0.05) is 11.6 Å². The zero-order valence-electron chi connectivity index (χ0n) is 11.4. The van der Waals surface area contributed by atoms with E-state index < -0.39 is 16.1 Å². The summed E-state index contributed by atoms with van der Waals surface area (Å²) in [5, 5.41) is 8.90. The molecule has 1 saturated carbocycles. The maximum atomic E-state index is 12.3. The first-order chi connectivity index (χ1) is 9.89. The molecule has 0 aliphatic heterocycles. The van der Waals surface area contributed by atoms with E-state index in [1.807, 2.05) is 13.0 Å². The van der Waals surface area contributed by atoms with Crippen molar-refractivity contribution in [2.45, 2.75) is 36.4 Å². The molecule has 3 atom stereocenters. The second-order valence-corrected chi connectivity index (χ2v) is 6.92. The number of rotatable bonds is 5. The van der Waals surface area contributed by atoms with Gasteiger partial charge in [-0.2, -0.15) is 5.26 Å². The standard InChI is InChI=1S/C13H16ClN3O3S/c1-2-20-12-6-11(16)13(12)17-21(18,19)9-4-3-8(7-15)10(14)5-9/h3-5,11-13,17H,2,6,16H2,1H3. The van der Waals surface area contributed by atoms with Crippen molar-refractivity contribution in [2.75, 3.05) is 6.61 Å². The third-order valence-corrected chi connectivity index (χ3v) is 5.18. The van der Waals surface area contributed by atoms with Gasteiger partial charge in [0.2, 0.25) is 10.0 Å². The molecule has 0 spiro atoms. The molecule has 1 aromatic carbocycles. The Hall–Kier alpha value is -1.17. The third-order valence-electron chi connectivity index (χ3n) is 3.41. The number of benzene rings is 1. The maximum Gasteiger partial charge on any atom is 0.241 e. The summed E-state index contributed by atoms with van der Waals surface area (Å²) in [6.45, 7) is 2.34. The molecule has 0 bridgehead atoms. The summed E-state index contributed by atoms with van der Waals surface area (Å²) in [4.78, 5) is 0.000786. The molecule has 0 heterocycles. The van der Waals surface area contributed by atoms with Crippen molar-refractivity contribution in [3.63, 3.8) is 0 Å². The summed E-state index contributed by atoms with van der Waals surface area (Å²) in [6.07, 6.45) is 0.406. The fourth-order valence-corrected chi connectivity index (χ4v) is 3.82. The Labute approximate surface area is 128 Å². The van der Waals surface area contributed by atoms with Crippen LogP contribution in [-0.4, -0.2) is 33.2 Å². The molecule has 1 aromatic rings. The molecule has 1 aliphatic rings. The molecule has 1 aliphatic carbocycles. The van der Waals surface area contributed by atoms with Crippen molar-refractivity contribution < 1.29 is 13.2 Å². The first-order valence-electron chi connectivity index (χ1n) is 6.48. The molecular formula is C13H16ClN3O3S. The number of hydrogen-bond acceptors (Lipinski definition) is 5. The molecule has 0 radical (unpaired) electrons. The van der Waals surface area contributed by atoms with Gasteiger partial charge in [-0.3, -0.25) is 0 Å². The second kappa shape index (κ2) is 6.30. The molecule has 8 heteroatoms. The van der Waals surface area contributed by atoms with Crippen LogP contribution in [-0.2, 0) is 14.8 Å². The lowest BCUT2D eigenvalue weighted by molar-refractivity contribution is -0.0248. The van der Waals surface area contributed by atoms with Crippen LogP contribution in [0.25, 0.3) is 0 Å². The fourth-order valence-electron chi connectivity index (χ4n) is 2.19. The summed E-state index contributed by atoms with van der Waals surface area (Å²) in [5.74, 6) is 0. The first-order valence-corrected chi connectivity index (χ1v) is 8.34. The van der Waals surface area contributed by atoms with Gasteiger partial charge in [0.25, 0.3) is 0 Å². The summed E-state index contributed by atoms with van der Waals surface area (Å²) in [7, 11) is -3.76. The molecule has 2 rings (SSSR count). The number of nitrogens with one attached hydrogen (secondary N) is 1. The third kappa shape index (κ3) is 3.36. The molecule has 21 heavy (non-hydrogen) atoms. The smallest absolute Gasteiger partial charge is 0.241 e. The van der Waals surface area contributed by atoms with E-state index in [9.17, 15) is 8.42 Å². The number of halogens is 1. The Morgan fingerprint density at radius 2 is 2.29 bits per heavy atom. The summed E-state index contributed by atoms with van der Waals surface area (Å²) in [6, 6.07) is 5.12. The Morgan fingerprint density at radius 3 is 2.81 bits per heavy atom. The SMILES string of the molecule is CCOC1CC(N)C1NS(=O)(=O)c1ccc(C#N)c(Cl)c1. The van der Waals surface area contributed by atoms with Crippen molar-refractivity contribution in [1.29, 1.82) is 5.26 Å². The van der Waals surface area contributed by atoms with Gasteiger partial charge >= 0.3 is 0 Å². The van der Waals surface area contributed by atoms with Crippen LogP contribution in [0.4, 0.5) is 0 Å². The van der Waals surface area contributed by atoms with E-state index in [1.165, 1.54) is 18.2 Å². The minimum Gasteiger partial charge on any atom is -0.377 e. The van der Waals surface area contributed by atoms with Gasteiger partial charge in [-0.15, -0.1) is 0 Å². The predicted octanol–water partition coefficient (Wildman–Crippen LogP) is 0.995. The fraction of sp³-hybridized carbons (Fsp3) is 0.462. The van der Waals surface area contributed by atoms with Gasteiger partial charge in [0.15, 0.2) is 0 Å². The molecule has 3 N–H and O–H groups in total. The van der Waals surface area contributed by atoms with Crippen LogP contribution in [0.3, 0.4) is 0 Å². The lowest BCUT2D eigenvalue weighted by Crippen LogP contribution is -2.64. The highest BCUT2D eigenvalue weighted by Gasteiger charge is 2.42. The van der Waals surface area contributed by atoms with Gasteiger partial charge in [-0.05, 0) is 31.5 Å². The topological polar surface area (TPSA) is 105 Å². The highest BCUT2D eigenvalue weighted by atomic mass is 35.5. The van der Waals surface area contributed by atoms with E-state index in [1.54, 1.807) is 0 Å². The lowest BCUT2D eigenvalue weighted by Gasteiger charge is -2.42. The Kier molecular flexibility index (Phi) is 4.86. The van der Waals surface area contributed by atoms with Gasteiger partial charge in [0.1, 0.15) is 6.07 Å². The number of nitrogens with zero attached hydrogens (tertiary/aromatic N) is 1. The maximum absolute atomic E-state index is 12.3. The van der Waals surface area contributed by atoms with E-state index >= 15 is 0 Å². The normalized spacial score (nSPS) is 25.1. The van der Waals surface area contributed by atoms with Gasteiger partial charge in [0.05, 0.1) is 27.6 Å². The molecule has 0 aromatic heterocycles. The number of nitriles is 1. The van der Waals surface area contributed by atoms with Gasteiger partial charge < -0.3 is 10.5 Å². The van der Waals surface area contributed by atoms with Crippen LogP contribution in [0.2, 0.25) is 5.02 Å². The lowest BCUT2D eigenvalue weighted by atomic mass is 9.84. The van der Waals surface area contributed by atoms with Crippen LogP contribution in [0.15, 0.2) is 23.1 Å². The molecule has 114 valence electrons. The van der Waals surface area contributed by atoms with Crippen molar-refractivity contribution in [3.8, 4) is 6.07 Å². The predicted molar refractivity (Wildman–Crippen MR) is 78.3 cm³/mol. The summed E-state index contributed by atoms with van der Waals surface area (Å²) < 4.78 is 32.6. The van der Waals surface area contributed by atoms with Crippen LogP contribution in [0, 0.1) is 11.3 Å². The quantitative estimate of drug-likeness (QED) is 0.838. The van der Waals surface area contributed by atoms with Crippen LogP contribution in [0.1, 0.15) is 18.9 Å². The van der Waals surface area contributed by atoms with E-state index in [0.29, 0.717) is 13.0 Å². The average Bonchev–Trinajstić information content (AvgIpc) is 2.45. The largest absolute Gasteiger partial charge is 0.377 e. The van der Waals surface area contributed by atoms with Gasteiger partial charge in [0, 0.05) is 12.6 Å². The van der Waals surface area contributed by atoms with E-state index in [4.69, 9.17) is 27.3 Å². The first kappa shape index (κ1) is 16.2. The monoisotopic (exact) mass is 329 g/mol. The minimum absolute atomic E-state index is 0.000786. The molecule has 1 fully saturated rings. The van der Waals surface area contributed by atoms with E-state index in [2.05, 4.69) is 4.72 Å². The van der Waals surface area contributed by atoms with E-state index in [0.717, 1.165) is 0 Å². The number of hydrogen-bond donors (Lipinski definition) is 2. The average molecular weight is 330 g/mol. The van der Waals surface area contributed by atoms with E-state index in [-0.39, 0.29) is 27.6 Å². The zero-order valence-corrected chi connectivity index (χ0v) is 13.0. The summed E-state index contributed by atoms with van der Waals surface area (Å²) >= 11 is 5.86. The number of sulfonamides is 1. The van der Waals surface area contributed by atoms with Crippen molar-refractivity contribution >= 4 is 21.6 Å². The van der Waals surface area contributed by atoms with Crippen LogP contribution < -0.4 is 10.5 Å². The molecular weight excluding hydrogens is 314 g/mol.